The summed E-state index contributed by atoms with van der Waals surface area (Å²) in [6, 6.07) is 4.63. The van der Waals surface area contributed by atoms with Crippen LogP contribution in [-0.4, -0.2) is 23.9 Å². The maximum absolute atomic E-state index is 11.4. The maximum atomic E-state index is 11.4. The minimum atomic E-state index is -0.685. The molecule has 104 valence electrons. The van der Waals surface area contributed by atoms with Crippen LogP contribution in [0.2, 0.25) is 0 Å². The van der Waals surface area contributed by atoms with Gasteiger partial charge in [-0.25, -0.2) is 9.59 Å². The van der Waals surface area contributed by atoms with Crippen molar-refractivity contribution in [1.82, 2.24) is 0 Å². The molecule has 0 aliphatic carbocycles. The van der Waals surface area contributed by atoms with E-state index in [1.54, 1.807) is 13.0 Å². The van der Waals surface area contributed by atoms with Gasteiger partial charge in [-0.2, -0.15) is 0 Å². The molecule has 1 aliphatic heterocycles. The number of carbonyl (C=O) groups excluding carboxylic acids is 4. The molecule has 0 saturated heterocycles. The van der Waals surface area contributed by atoms with Crippen molar-refractivity contribution in [3.8, 4) is 0 Å². The number of esters is 4. The third kappa shape index (κ3) is 2.90. The zero-order valence-corrected chi connectivity index (χ0v) is 10.8. The summed E-state index contributed by atoms with van der Waals surface area (Å²) < 4.78 is 8.99. The lowest BCUT2D eigenvalue weighted by atomic mass is 10.0. The third-order valence-corrected chi connectivity index (χ3v) is 2.84. The van der Waals surface area contributed by atoms with E-state index in [1.807, 2.05) is 0 Å². The molecule has 2 rings (SSSR count). The van der Waals surface area contributed by atoms with E-state index in [0.29, 0.717) is 12.0 Å². The van der Waals surface area contributed by atoms with Crippen LogP contribution < -0.4 is 0 Å². The molecule has 1 aromatic rings. The Morgan fingerprint density at radius 1 is 1.10 bits per heavy atom. The van der Waals surface area contributed by atoms with Gasteiger partial charge in [0, 0.05) is 6.42 Å². The molecule has 1 aromatic carbocycles. The van der Waals surface area contributed by atoms with Crippen LogP contribution in [0.1, 0.15) is 46.0 Å². The van der Waals surface area contributed by atoms with Crippen LogP contribution in [0.25, 0.3) is 0 Å². The highest BCUT2D eigenvalue weighted by Gasteiger charge is 2.29. The first-order valence-corrected chi connectivity index (χ1v) is 6.14. The van der Waals surface area contributed by atoms with Crippen molar-refractivity contribution in [3.05, 3.63) is 34.9 Å². The molecule has 0 atom stereocenters. The molecule has 0 N–H and O–H groups in total. The molecule has 0 radical (unpaired) electrons. The normalized spacial score (nSPS) is 12.8. The summed E-state index contributed by atoms with van der Waals surface area (Å²) in [7, 11) is 0. The summed E-state index contributed by atoms with van der Waals surface area (Å²) in [5.74, 6) is -2.53. The second-order valence-corrected chi connectivity index (χ2v) is 4.26. The molecule has 0 spiro atoms. The number of rotatable bonds is 4. The second-order valence-electron chi connectivity index (χ2n) is 4.26. The van der Waals surface area contributed by atoms with Crippen molar-refractivity contribution < 1.29 is 28.7 Å². The maximum Gasteiger partial charge on any atom is 0.346 e. The number of benzene rings is 1. The van der Waals surface area contributed by atoms with Crippen molar-refractivity contribution >= 4 is 23.9 Å². The summed E-state index contributed by atoms with van der Waals surface area (Å²) in [5, 5.41) is 0. The standard InChI is InChI=1S/C14H12O6/c1-2-11(15)19-12(16)6-4-8-3-5-9-10(7-8)14(18)20-13(9)17/h3,5,7H,2,4,6H2,1H3. The van der Waals surface area contributed by atoms with Gasteiger partial charge >= 0.3 is 23.9 Å². The Morgan fingerprint density at radius 3 is 2.50 bits per heavy atom. The number of cyclic esters (lactones) is 2. The van der Waals surface area contributed by atoms with Crippen LogP contribution in [0, 0.1) is 0 Å². The quantitative estimate of drug-likeness (QED) is 0.610. The average Bonchev–Trinajstić information content (AvgIpc) is 2.71. The Bertz CT molecular complexity index is 602. The molecular weight excluding hydrogens is 264 g/mol. The van der Waals surface area contributed by atoms with E-state index in [-0.39, 0.29) is 24.0 Å². The minimum Gasteiger partial charge on any atom is -0.393 e. The molecule has 0 aromatic heterocycles. The second kappa shape index (κ2) is 5.64. The summed E-state index contributed by atoms with van der Waals surface area (Å²) >= 11 is 0. The number of ether oxygens (including phenoxy) is 2. The molecule has 6 heteroatoms. The molecule has 1 heterocycles. The van der Waals surface area contributed by atoms with Gasteiger partial charge in [0.2, 0.25) is 0 Å². The van der Waals surface area contributed by atoms with Crippen LogP contribution in [0.5, 0.6) is 0 Å². The molecule has 0 fully saturated rings. The number of carbonyl (C=O) groups is 4. The zero-order valence-electron chi connectivity index (χ0n) is 10.8. The van der Waals surface area contributed by atoms with Crippen LogP contribution >= 0.6 is 0 Å². The van der Waals surface area contributed by atoms with Crippen molar-refractivity contribution in [2.45, 2.75) is 26.2 Å². The first-order chi connectivity index (χ1) is 9.51. The van der Waals surface area contributed by atoms with E-state index >= 15 is 0 Å². The Labute approximate surface area is 114 Å². The van der Waals surface area contributed by atoms with Crippen molar-refractivity contribution in [2.24, 2.45) is 0 Å². The highest BCUT2D eigenvalue weighted by Crippen LogP contribution is 2.21. The zero-order chi connectivity index (χ0) is 14.7. The molecule has 20 heavy (non-hydrogen) atoms. The first kappa shape index (κ1) is 13.9. The fourth-order valence-electron chi connectivity index (χ4n) is 1.78. The fraction of sp³-hybridized carbons (Fsp3) is 0.286. The molecule has 0 bridgehead atoms. The van der Waals surface area contributed by atoms with Gasteiger partial charge in [-0.3, -0.25) is 9.59 Å². The topological polar surface area (TPSA) is 86.7 Å². The highest BCUT2D eigenvalue weighted by atomic mass is 16.6. The number of aryl methyl sites for hydroxylation is 1. The first-order valence-electron chi connectivity index (χ1n) is 6.14. The van der Waals surface area contributed by atoms with Gasteiger partial charge in [-0.1, -0.05) is 13.0 Å². The third-order valence-electron chi connectivity index (χ3n) is 2.84. The number of hydrogen-bond donors (Lipinski definition) is 0. The van der Waals surface area contributed by atoms with E-state index in [2.05, 4.69) is 9.47 Å². The van der Waals surface area contributed by atoms with E-state index in [0.717, 1.165) is 0 Å². The minimum absolute atomic E-state index is 0.0213. The summed E-state index contributed by atoms with van der Waals surface area (Å²) in [5.41, 5.74) is 1.12. The lowest BCUT2D eigenvalue weighted by Gasteiger charge is -2.03. The molecule has 0 amide bonds. The van der Waals surface area contributed by atoms with Gasteiger partial charge in [0.05, 0.1) is 17.5 Å². The fourth-order valence-corrected chi connectivity index (χ4v) is 1.78. The summed E-state index contributed by atoms with van der Waals surface area (Å²) in [6.07, 6.45) is 0.469. The smallest absolute Gasteiger partial charge is 0.346 e. The van der Waals surface area contributed by atoms with Crippen LogP contribution in [0.3, 0.4) is 0 Å². The van der Waals surface area contributed by atoms with Gasteiger partial charge in [0.1, 0.15) is 0 Å². The van der Waals surface area contributed by atoms with Gasteiger partial charge in [0.15, 0.2) is 0 Å². The van der Waals surface area contributed by atoms with Gasteiger partial charge < -0.3 is 9.47 Å². The molecule has 6 nitrogen and oxygen atoms in total. The predicted molar refractivity (Wildman–Crippen MR) is 65.9 cm³/mol. The van der Waals surface area contributed by atoms with Crippen LogP contribution in [0.4, 0.5) is 0 Å². The average molecular weight is 276 g/mol. The van der Waals surface area contributed by atoms with E-state index in [1.165, 1.54) is 12.1 Å². The van der Waals surface area contributed by atoms with Gasteiger partial charge in [-0.15, -0.1) is 0 Å². The van der Waals surface area contributed by atoms with Gasteiger partial charge in [0.25, 0.3) is 0 Å². The molecular formula is C14H12O6. The highest BCUT2D eigenvalue weighted by molar-refractivity contribution is 6.14. The van der Waals surface area contributed by atoms with Crippen molar-refractivity contribution in [1.29, 1.82) is 0 Å². The van der Waals surface area contributed by atoms with Gasteiger partial charge in [-0.05, 0) is 24.1 Å². The lowest BCUT2D eigenvalue weighted by Crippen LogP contribution is -2.11. The monoisotopic (exact) mass is 276 g/mol. The Morgan fingerprint density at radius 2 is 1.80 bits per heavy atom. The summed E-state index contributed by atoms with van der Waals surface area (Å²) in [4.78, 5) is 44.9. The predicted octanol–water partition coefficient (Wildman–Crippen LogP) is 1.41. The van der Waals surface area contributed by atoms with Crippen LogP contribution in [0.15, 0.2) is 18.2 Å². The van der Waals surface area contributed by atoms with E-state index in [9.17, 15) is 19.2 Å². The number of hydrogen-bond acceptors (Lipinski definition) is 6. The van der Waals surface area contributed by atoms with Crippen LogP contribution in [-0.2, 0) is 25.5 Å². The van der Waals surface area contributed by atoms with E-state index in [4.69, 9.17) is 0 Å². The Balaban J connectivity index is 2.00. The Hall–Kier alpha value is -2.50. The van der Waals surface area contributed by atoms with Crippen molar-refractivity contribution in [3.63, 3.8) is 0 Å². The SMILES string of the molecule is CCC(=O)OC(=O)CCc1ccc2c(c1)C(=O)OC2=O. The molecule has 1 aliphatic rings. The summed E-state index contributed by atoms with van der Waals surface area (Å²) in [6.45, 7) is 1.60. The Kier molecular flexibility index (Phi) is 3.93. The van der Waals surface area contributed by atoms with E-state index < -0.39 is 23.9 Å². The lowest BCUT2D eigenvalue weighted by molar-refractivity contribution is -0.159. The molecule has 0 unspecified atom stereocenters. The molecule has 0 saturated carbocycles. The largest absolute Gasteiger partial charge is 0.393 e. The number of fused-ring (bicyclic) bond motifs is 1. The van der Waals surface area contributed by atoms with Crippen molar-refractivity contribution in [2.75, 3.05) is 0 Å².